The number of halogens is 2. The van der Waals surface area contributed by atoms with E-state index in [0.717, 1.165) is 6.07 Å². The van der Waals surface area contributed by atoms with Gasteiger partial charge in [0.2, 0.25) is 0 Å². The maximum Gasteiger partial charge on any atom is 0.295 e. The van der Waals surface area contributed by atoms with Crippen LogP contribution in [0.1, 0.15) is 6.92 Å². The predicted molar refractivity (Wildman–Crippen MR) is 78.4 cm³/mol. The number of nitrogens with one attached hydrogen (secondary N) is 1. The zero-order chi connectivity index (χ0) is 15.5. The van der Waals surface area contributed by atoms with Gasteiger partial charge >= 0.3 is 0 Å². The van der Waals surface area contributed by atoms with Gasteiger partial charge < -0.3 is 15.3 Å². The second-order valence-corrected chi connectivity index (χ2v) is 5.98. The second kappa shape index (κ2) is 6.47. The highest BCUT2D eigenvalue weighted by atomic mass is 79.9. The molecule has 1 atom stereocenters. The zero-order valence-electron chi connectivity index (χ0n) is 11.5. The Morgan fingerprint density at radius 2 is 2.15 bits per heavy atom. The molecule has 2 N–H and O–H groups in total. The minimum Gasteiger partial charge on any atom is -0.387 e. The van der Waals surface area contributed by atoms with Crippen LogP contribution in [-0.4, -0.2) is 47.7 Å². The molecule has 20 heavy (non-hydrogen) atoms. The summed E-state index contributed by atoms with van der Waals surface area (Å²) in [6.45, 7) is 2.10. The Bertz CT molecular complexity index is 509. The molecule has 1 rings (SSSR count). The predicted octanol–water partition coefficient (Wildman–Crippen LogP) is 2.22. The number of aliphatic hydroxyl groups is 1. The molecule has 1 aromatic carbocycles. The van der Waals surface area contributed by atoms with E-state index in [1.54, 1.807) is 11.8 Å². The monoisotopic (exact) mass is 349 g/mol. The van der Waals surface area contributed by atoms with Gasteiger partial charge in [-0.15, -0.1) is 0 Å². The third-order valence-corrected chi connectivity index (χ3v) is 3.16. The van der Waals surface area contributed by atoms with E-state index in [0.29, 0.717) is 6.54 Å². The number of nitro benzene ring substituents is 1. The van der Waals surface area contributed by atoms with Crippen LogP contribution in [0, 0.1) is 15.9 Å². The van der Waals surface area contributed by atoms with Gasteiger partial charge in [-0.25, -0.2) is 4.39 Å². The van der Waals surface area contributed by atoms with Gasteiger partial charge in [-0.3, -0.25) is 10.1 Å². The summed E-state index contributed by atoms with van der Waals surface area (Å²) >= 11 is 2.98. The molecule has 0 spiro atoms. The van der Waals surface area contributed by atoms with E-state index in [9.17, 15) is 19.6 Å². The summed E-state index contributed by atoms with van der Waals surface area (Å²) in [6.07, 6.45) is 0. The minimum atomic E-state index is -1.07. The lowest BCUT2D eigenvalue weighted by Gasteiger charge is -2.27. The highest BCUT2D eigenvalue weighted by molar-refractivity contribution is 9.10. The van der Waals surface area contributed by atoms with Crippen LogP contribution >= 0.6 is 15.9 Å². The Hall–Kier alpha value is -1.25. The van der Waals surface area contributed by atoms with Gasteiger partial charge in [-0.05, 0) is 43.0 Å². The molecule has 0 aliphatic heterocycles. The van der Waals surface area contributed by atoms with Crippen LogP contribution in [0.5, 0.6) is 0 Å². The summed E-state index contributed by atoms with van der Waals surface area (Å²) in [5.74, 6) is -0.706. The Labute approximate surface area is 124 Å². The number of hydrogen-bond donors (Lipinski definition) is 2. The number of rotatable bonds is 6. The Morgan fingerprint density at radius 3 is 2.65 bits per heavy atom. The minimum absolute atomic E-state index is 0.101. The number of hydrogen-bond acceptors (Lipinski definition) is 5. The fraction of sp³-hybridized carbons (Fsp3) is 0.500. The highest BCUT2D eigenvalue weighted by Crippen LogP contribution is 2.30. The molecule has 1 unspecified atom stereocenters. The first-order valence-corrected chi connectivity index (χ1v) is 6.66. The maximum atomic E-state index is 13.3. The molecular weight excluding hydrogens is 333 g/mol. The molecule has 112 valence electrons. The van der Waals surface area contributed by atoms with Gasteiger partial charge in [-0.1, -0.05) is 0 Å². The highest BCUT2D eigenvalue weighted by Gasteiger charge is 2.24. The number of nitrogens with zero attached hydrogens (tertiary/aromatic N) is 2. The van der Waals surface area contributed by atoms with Crippen molar-refractivity contribution >= 4 is 27.3 Å². The molecule has 0 fully saturated rings. The largest absolute Gasteiger partial charge is 0.387 e. The molecule has 0 saturated heterocycles. The Balaban J connectivity index is 2.92. The van der Waals surface area contributed by atoms with Crippen LogP contribution in [0.15, 0.2) is 16.6 Å². The van der Waals surface area contributed by atoms with Gasteiger partial charge in [0.25, 0.3) is 5.69 Å². The first-order chi connectivity index (χ1) is 9.12. The topological polar surface area (TPSA) is 78.6 Å². The molecule has 0 saturated carbocycles. The van der Waals surface area contributed by atoms with Crippen LogP contribution in [0.2, 0.25) is 0 Å². The second-order valence-electron chi connectivity index (χ2n) is 5.13. The maximum absolute atomic E-state index is 13.3. The smallest absolute Gasteiger partial charge is 0.295 e. The summed E-state index contributed by atoms with van der Waals surface area (Å²) in [7, 11) is 3.62. The van der Waals surface area contributed by atoms with Crippen molar-refractivity contribution in [3.05, 3.63) is 32.5 Å². The van der Waals surface area contributed by atoms with E-state index in [-0.39, 0.29) is 22.4 Å². The van der Waals surface area contributed by atoms with Crippen LogP contribution < -0.4 is 5.32 Å². The normalized spacial score (nSPS) is 14.2. The van der Waals surface area contributed by atoms with E-state index in [2.05, 4.69) is 21.2 Å². The SMILES string of the molecule is CN(C)CC(C)(O)CNc1cc(Br)c(F)cc1[N+](=O)[O-]. The molecule has 8 heteroatoms. The van der Waals surface area contributed by atoms with Crippen LogP contribution in [0.4, 0.5) is 15.8 Å². The van der Waals surface area contributed by atoms with E-state index >= 15 is 0 Å². The van der Waals surface area contributed by atoms with E-state index in [1.165, 1.54) is 6.07 Å². The lowest BCUT2D eigenvalue weighted by Crippen LogP contribution is -2.43. The van der Waals surface area contributed by atoms with Crippen molar-refractivity contribution in [2.45, 2.75) is 12.5 Å². The number of benzene rings is 1. The summed E-state index contributed by atoms with van der Waals surface area (Å²) in [4.78, 5) is 12.0. The van der Waals surface area contributed by atoms with Gasteiger partial charge in [-0.2, -0.15) is 0 Å². The molecule has 6 nitrogen and oxygen atoms in total. The first-order valence-electron chi connectivity index (χ1n) is 5.87. The summed E-state index contributed by atoms with van der Waals surface area (Å²) in [6, 6.07) is 2.13. The average Bonchev–Trinajstić information content (AvgIpc) is 2.28. The van der Waals surface area contributed by atoms with Crippen molar-refractivity contribution in [2.24, 2.45) is 0 Å². The number of nitro groups is 1. The molecule has 0 aliphatic rings. The standard InChI is InChI=1S/C12H17BrFN3O3/c1-12(18,7-16(2)3)6-15-10-4-8(13)9(14)5-11(10)17(19)20/h4-5,15,18H,6-7H2,1-3H3. The summed E-state index contributed by atoms with van der Waals surface area (Å²) < 4.78 is 13.5. The summed E-state index contributed by atoms with van der Waals surface area (Å²) in [5, 5.41) is 23.8. The zero-order valence-corrected chi connectivity index (χ0v) is 13.1. The van der Waals surface area contributed by atoms with Crippen LogP contribution in [0.3, 0.4) is 0 Å². The molecule has 0 radical (unpaired) electrons. The van der Waals surface area contributed by atoms with Crippen molar-refractivity contribution in [3.63, 3.8) is 0 Å². The third kappa shape index (κ3) is 4.69. The van der Waals surface area contributed by atoms with Gasteiger partial charge in [0.1, 0.15) is 11.5 Å². The molecule has 0 heterocycles. The fourth-order valence-corrected chi connectivity index (χ4v) is 2.20. The van der Waals surface area contributed by atoms with Crippen LogP contribution in [-0.2, 0) is 0 Å². The van der Waals surface area contributed by atoms with Gasteiger partial charge in [0.05, 0.1) is 21.1 Å². The molecule has 0 amide bonds. The summed E-state index contributed by atoms with van der Waals surface area (Å²) in [5.41, 5.74) is -1.29. The first kappa shape index (κ1) is 16.8. The fourth-order valence-electron chi connectivity index (χ4n) is 1.85. The molecule has 0 aliphatic carbocycles. The molecule has 0 bridgehead atoms. The number of anilines is 1. The Morgan fingerprint density at radius 1 is 1.55 bits per heavy atom. The average molecular weight is 350 g/mol. The number of likely N-dealkylation sites (N-methyl/N-ethyl adjacent to an activating group) is 1. The molecule has 1 aromatic rings. The van der Waals surface area contributed by atoms with Gasteiger partial charge in [0.15, 0.2) is 0 Å². The van der Waals surface area contributed by atoms with E-state index < -0.39 is 16.3 Å². The quantitative estimate of drug-likeness (QED) is 0.608. The van der Waals surface area contributed by atoms with Crippen molar-refractivity contribution in [1.82, 2.24) is 4.90 Å². The van der Waals surface area contributed by atoms with Crippen molar-refractivity contribution in [3.8, 4) is 0 Å². The van der Waals surface area contributed by atoms with Crippen molar-refractivity contribution in [2.75, 3.05) is 32.5 Å². The lowest BCUT2D eigenvalue weighted by atomic mass is 10.1. The molecule has 0 aromatic heterocycles. The third-order valence-electron chi connectivity index (χ3n) is 2.55. The van der Waals surface area contributed by atoms with Crippen LogP contribution in [0.25, 0.3) is 0 Å². The van der Waals surface area contributed by atoms with E-state index in [1.807, 2.05) is 14.1 Å². The van der Waals surface area contributed by atoms with Crippen molar-refractivity contribution < 1.29 is 14.4 Å². The molecular formula is C12H17BrFN3O3. The van der Waals surface area contributed by atoms with Gasteiger partial charge in [0, 0.05) is 13.1 Å². The van der Waals surface area contributed by atoms with Crippen molar-refractivity contribution in [1.29, 1.82) is 0 Å². The van der Waals surface area contributed by atoms with E-state index in [4.69, 9.17) is 0 Å². The lowest BCUT2D eigenvalue weighted by molar-refractivity contribution is -0.384. The Kier molecular flexibility index (Phi) is 5.43.